The summed E-state index contributed by atoms with van der Waals surface area (Å²) in [7, 11) is 0. The zero-order chi connectivity index (χ0) is 12.3. The summed E-state index contributed by atoms with van der Waals surface area (Å²) in [6.45, 7) is 2.02. The number of aromatic nitrogens is 1. The molecule has 2 nitrogen and oxygen atoms in total. The van der Waals surface area contributed by atoms with Gasteiger partial charge in [0, 0.05) is 18.3 Å². The summed E-state index contributed by atoms with van der Waals surface area (Å²) in [6.07, 6.45) is 4.24. The van der Waals surface area contributed by atoms with E-state index >= 15 is 0 Å². The van der Waals surface area contributed by atoms with Gasteiger partial charge in [0.2, 0.25) is 0 Å². The summed E-state index contributed by atoms with van der Waals surface area (Å²) in [6, 6.07) is 7.87. The Kier molecular flexibility index (Phi) is 4.92. The van der Waals surface area contributed by atoms with Crippen LogP contribution in [0.2, 0.25) is 0 Å². The van der Waals surface area contributed by atoms with Crippen molar-refractivity contribution in [3.8, 4) is 0 Å². The fourth-order valence-corrected chi connectivity index (χ4v) is 1.99. The summed E-state index contributed by atoms with van der Waals surface area (Å²) in [4.78, 5) is 3.95. The van der Waals surface area contributed by atoms with Crippen molar-refractivity contribution in [1.29, 1.82) is 0 Å². The Morgan fingerprint density at radius 1 is 1.00 bits per heavy atom. The highest BCUT2D eigenvalue weighted by Gasteiger charge is 2.13. The van der Waals surface area contributed by atoms with E-state index in [9.17, 15) is 8.78 Å². The molecule has 2 aromatic rings. The van der Waals surface area contributed by atoms with Gasteiger partial charge >= 0.3 is 0 Å². The highest BCUT2D eigenvalue weighted by atomic mass is 19.2. The minimum Gasteiger partial charge on any atom is -0.344 e. The van der Waals surface area contributed by atoms with Gasteiger partial charge in [-0.05, 0) is 41.8 Å². The average molecular weight is 250 g/mol. The van der Waals surface area contributed by atoms with Crippen molar-refractivity contribution in [3.63, 3.8) is 0 Å². The Bertz CT molecular complexity index is 500. The summed E-state index contributed by atoms with van der Waals surface area (Å²) in [5.41, 5.74) is 1.85. The van der Waals surface area contributed by atoms with Gasteiger partial charge in [-0.1, -0.05) is 13.0 Å². The normalized spacial score (nSPS) is 11.7. The molecular formula is C14H16F2N2. The molecule has 0 spiro atoms. The number of nitrogens with zero attached hydrogens (tertiary/aromatic N) is 1. The lowest BCUT2D eigenvalue weighted by Gasteiger charge is -2.15. The molecule has 0 amide bonds. The Morgan fingerprint density at radius 3 is 2.22 bits per heavy atom. The van der Waals surface area contributed by atoms with E-state index in [1.807, 2.05) is 19.1 Å². The molecule has 0 aliphatic carbocycles. The standard InChI is InChI=1S/C14H13F2N.H3N/c1-2-12(10-5-7-17-8-6-10)11-3-4-13(15)14(16)9-11;/h3-9,12H,2H2,1H3;1H3. The molecule has 18 heavy (non-hydrogen) atoms. The van der Waals surface area contributed by atoms with Gasteiger partial charge in [0.05, 0.1) is 0 Å². The minimum absolute atomic E-state index is 0. The smallest absolute Gasteiger partial charge is 0.159 e. The van der Waals surface area contributed by atoms with Crippen LogP contribution >= 0.6 is 0 Å². The molecular weight excluding hydrogens is 234 g/mol. The van der Waals surface area contributed by atoms with Crippen LogP contribution in [0, 0.1) is 11.6 Å². The third-order valence-electron chi connectivity index (χ3n) is 2.86. The van der Waals surface area contributed by atoms with Gasteiger partial charge in [-0.3, -0.25) is 4.98 Å². The van der Waals surface area contributed by atoms with Gasteiger partial charge in [-0.2, -0.15) is 0 Å². The van der Waals surface area contributed by atoms with Crippen LogP contribution in [0.25, 0.3) is 0 Å². The zero-order valence-electron chi connectivity index (χ0n) is 10.2. The lowest BCUT2D eigenvalue weighted by Crippen LogP contribution is -2.01. The van der Waals surface area contributed by atoms with Gasteiger partial charge in [-0.15, -0.1) is 0 Å². The number of benzene rings is 1. The molecule has 0 saturated carbocycles. The molecule has 0 bridgehead atoms. The maximum atomic E-state index is 13.2. The Hall–Kier alpha value is -1.81. The van der Waals surface area contributed by atoms with Crippen molar-refractivity contribution in [3.05, 3.63) is 65.5 Å². The molecule has 2 rings (SSSR count). The first-order valence-electron chi connectivity index (χ1n) is 5.57. The second-order valence-electron chi connectivity index (χ2n) is 3.91. The van der Waals surface area contributed by atoms with Crippen LogP contribution in [0.4, 0.5) is 8.78 Å². The molecule has 1 aromatic heterocycles. The average Bonchev–Trinajstić information content (AvgIpc) is 2.36. The molecule has 1 unspecified atom stereocenters. The van der Waals surface area contributed by atoms with Crippen molar-refractivity contribution in [2.75, 3.05) is 0 Å². The van der Waals surface area contributed by atoms with Gasteiger partial charge in [-0.25, -0.2) is 8.78 Å². The van der Waals surface area contributed by atoms with Crippen molar-refractivity contribution < 1.29 is 8.78 Å². The van der Waals surface area contributed by atoms with E-state index in [2.05, 4.69) is 4.98 Å². The zero-order valence-corrected chi connectivity index (χ0v) is 10.2. The first-order chi connectivity index (χ1) is 8.22. The Balaban J connectivity index is 0.00000162. The highest BCUT2D eigenvalue weighted by molar-refractivity contribution is 5.31. The van der Waals surface area contributed by atoms with Crippen molar-refractivity contribution in [1.82, 2.24) is 11.1 Å². The number of rotatable bonds is 3. The SMILES string of the molecule is CCC(c1ccncc1)c1ccc(F)c(F)c1.N. The number of hydrogen-bond acceptors (Lipinski definition) is 2. The van der Waals surface area contributed by atoms with Crippen LogP contribution in [-0.4, -0.2) is 4.98 Å². The molecule has 0 aliphatic heterocycles. The van der Waals surface area contributed by atoms with Gasteiger partial charge in [0.1, 0.15) is 0 Å². The van der Waals surface area contributed by atoms with E-state index < -0.39 is 11.6 Å². The second kappa shape index (κ2) is 6.21. The first-order valence-corrected chi connectivity index (χ1v) is 5.57. The molecule has 1 atom stereocenters. The molecule has 0 radical (unpaired) electrons. The number of halogens is 2. The van der Waals surface area contributed by atoms with Crippen LogP contribution in [0.1, 0.15) is 30.4 Å². The highest BCUT2D eigenvalue weighted by Crippen LogP contribution is 2.28. The molecule has 1 aromatic carbocycles. The van der Waals surface area contributed by atoms with Gasteiger partial charge in [0.25, 0.3) is 0 Å². The molecule has 0 saturated heterocycles. The fourth-order valence-electron chi connectivity index (χ4n) is 1.99. The van der Waals surface area contributed by atoms with E-state index in [1.165, 1.54) is 12.1 Å². The lowest BCUT2D eigenvalue weighted by atomic mass is 9.90. The molecule has 4 heteroatoms. The summed E-state index contributed by atoms with van der Waals surface area (Å²) in [5, 5.41) is 0. The summed E-state index contributed by atoms with van der Waals surface area (Å²) in [5.74, 6) is -1.53. The van der Waals surface area contributed by atoms with E-state index in [0.29, 0.717) is 0 Å². The predicted molar refractivity (Wildman–Crippen MR) is 67.8 cm³/mol. The molecule has 3 N–H and O–H groups in total. The van der Waals surface area contributed by atoms with E-state index in [-0.39, 0.29) is 12.1 Å². The fraction of sp³-hybridized carbons (Fsp3) is 0.214. The Labute approximate surface area is 105 Å². The van der Waals surface area contributed by atoms with Crippen molar-refractivity contribution in [2.24, 2.45) is 0 Å². The molecule has 0 aliphatic rings. The quantitative estimate of drug-likeness (QED) is 0.892. The van der Waals surface area contributed by atoms with Gasteiger partial charge < -0.3 is 6.15 Å². The first kappa shape index (κ1) is 14.3. The van der Waals surface area contributed by atoms with Crippen LogP contribution < -0.4 is 6.15 Å². The lowest BCUT2D eigenvalue weighted by molar-refractivity contribution is 0.506. The van der Waals surface area contributed by atoms with E-state index in [4.69, 9.17) is 0 Å². The van der Waals surface area contributed by atoms with Crippen LogP contribution in [0.15, 0.2) is 42.7 Å². The van der Waals surface area contributed by atoms with E-state index in [0.717, 1.165) is 17.5 Å². The monoisotopic (exact) mass is 250 g/mol. The van der Waals surface area contributed by atoms with Gasteiger partial charge in [0.15, 0.2) is 11.6 Å². The van der Waals surface area contributed by atoms with Crippen molar-refractivity contribution in [2.45, 2.75) is 19.3 Å². The molecule has 0 fully saturated rings. The van der Waals surface area contributed by atoms with Crippen LogP contribution in [0.3, 0.4) is 0 Å². The van der Waals surface area contributed by atoms with Crippen LogP contribution in [-0.2, 0) is 0 Å². The number of pyridine rings is 1. The van der Waals surface area contributed by atoms with Crippen LogP contribution in [0.5, 0.6) is 0 Å². The Morgan fingerprint density at radius 2 is 1.67 bits per heavy atom. The maximum absolute atomic E-state index is 13.2. The molecule has 96 valence electrons. The predicted octanol–water partition coefficient (Wildman–Crippen LogP) is 4.06. The minimum atomic E-state index is -0.807. The van der Waals surface area contributed by atoms with Crippen molar-refractivity contribution >= 4 is 0 Å². The maximum Gasteiger partial charge on any atom is 0.159 e. The summed E-state index contributed by atoms with van der Waals surface area (Å²) < 4.78 is 26.1. The summed E-state index contributed by atoms with van der Waals surface area (Å²) >= 11 is 0. The second-order valence-corrected chi connectivity index (χ2v) is 3.91. The third kappa shape index (κ3) is 2.90. The number of hydrogen-bond donors (Lipinski definition) is 1. The van der Waals surface area contributed by atoms with E-state index in [1.54, 1.807) is 18.5 Å². The largest absolute Gasteiger partial charge is 0.344 e. The molecule has 1 heterocycles. The topological polar surface area (TPSA) is 47.9 Å². The third-order valence-corrected chi connectivity index (χ3v) is 2.86.